The quantitative estimate of drug-likeness (QED) is 0.848. The van der Waals surface area contributed by atoms with Gasteiger partial charge in [0.25, 0.3) is 0 Å². The minimum atomic E-state index is -3.09. The number of nitrogens with zero attached hydrogens (tertiary/aromatic N) is 1. The van der Waals surface area contributed by atoms with Crippen molar-refractivity contribution < 1.29 is 22.7 Å². The number of hydrogen-bond acceptors (Lipinski definition) is 5. The van der Waals surface area contributed by atoms with Gasteiger partial charge in [-0.05, 0) is 25.5 Å². The maximum absolute atomic E-state index is 12.2. The van der Waals surface area contributed by atoms with Crippen molar-refractivity contribution in [2.75, 3.05) is 30.1 Å². The molecule has 2 rings (SSSR count). The summed E-state index contributed by atoms with van der Waals surface area (Å²) >= 11 is 0. The summed E-state index contributed by atoms with van der Waals surface area (Å²) in [4.78, 5) is 13.6. The van der Waals surface area contributed by atoms with Crippen LogP contribution >= 0.6 is 0 Å². The van der Waals surface area contributed by atoms with Gasteiger partial charge in [0.05, 0.1) is 37.0 Å². The van der Waals surface area contributed by atoms with Crippen LogP contribution < -0.4 is 9.64 Å². The number of sulfone groups is 1. The minimum Gasteiger partial charge on any atom is -0.497 e. The van der Waals surface area contributed by atoms with Gasteiger partial charge in [0, 0.05) is 6.07 Å². The molecule has 1 aromatic rings. The Morgan fingerprint density at radius 1 is 1.43 bits per heavy atom. The van der Waals surface area contributed by atoms with E-state index in [9.17, 15) is 13.2 Å². The third kappa shape index (κ3) is 3.66. The molecule has 7 heteroatoms. The van der Waals surface area contributed by atoms with Gasteiger partial charge in [-0.2, -0.15) is 0 Å². The van der Waals surface area contributed by atoms with Gasteiger partial charge in [0.15, 0.2) is 9.84 Å². The molecule has 21 heavy (non-hydrogen) atoms. The predicted molar refractivity (Wildman–Crippen MR) is 79.6 cm³/mol. The Kier molecular flexibility index (Phi) is 4.72. The third-order valence-electron chi connectivity index (χ3n) is 3.37. The van der Waals surface area contributed by atoms with Gasteiger partial charge in [-0.3, -0.25) is 4.90 Å². The molecule has 1 unspecified atom stereocenters. The van der Waals surface area contributed by atoms with E-state index >= 15 is 0 Å². The van der Waals surface area contributed by atoms with Gasteiger partial charge >= 0.3 is 6.09 Å². The molecule has 1 atom stereocenters. The number of amides is 1. The molecule has 1 aliphatic heterocycles. The van der Waals surface area contributed by atoms with E-state index in [0.717, 1.165) is 0 Å². The van der Waals surface area contributed by atoms with Crippen molar-refractivity contribution in [3.05, 3.63) is 24.3 Å². The molecule has 6 nitrogen and oxygen atoms in total. The Balaban J connectivity index is 2.34. The summed E-state index contributed by atoms with van der Waals surface area (Å²) in [6.45, 7) is 1.95. The smallest absolute Gasteiger partial charge is 0.414 e. The van der Waals surface area contributed by atoms with Crippen LogP contribution in [-0.2, 0) is 14.6 Å². The molecular formula is C14H19NO5S. The molecular weight excluding hydrogens is 294 g/mol. The third-order valence-corrected chi connectivity index (χ3v) is 5.12. The number of carbonyl (C=O) groups is 1. The Hall–Kier alpha value is -1.76. The van der Waals surface area contributed by atoms with Crippen LogP contribution in [0.25, 0.3) is 0 Å². The monoisotopic (exact) mass is 313 g/mol. The number of carbonyl (C=O) groups excluding carboxylic acids is 1. The highest BCUT2D eigenvalue weighted by atomic mass is 32.2. The van der Waals surface area contributed by atoms with E-state index in [1.54, 1.807) is 31.2 Å². The largest absolute Gasteiger partial charge is 0.497 e. The maximum atomic E-state index is 12.2. The molecule has 0 aliphatic carbocycles. The van der Waals surface area contributed by atoms with Crippen LogP contribution in [0.5, 0.6) is 5.75 Å². The van der Waals surface area contributed by atoms with Gasteiger partial charge in [-0.25, -0.2) is 13.2 Å². The van der Waals surface area contributed by atoms with Crippen LogP contribution in [0.2, 0.25) is 0 Å². The van der Waals surface area contributed by atoms with Crippen molar-refractivity contribution in [3.8, 4) is 5.75 Å². The van der Waals surface area contributed by atoms with Crippen molar-refractivity contribution >= 4 is 21.6 Å². The first kappa shape index (κ1) is 15.6. The first-order valence-corrected chi connectivity index (χ1v) is 8.59. The highest BCUT2D eigenvalue weighted by Gasteiger charge is 2.36. The van der Waals surface area contributed by atoms with E-state index in [-0.39, 0.29) is 18.1 Å². The van der Waals surface area contributed by atoms with Gasteiger partial charge < -0.3 is 9.47 Å². The topological polar surface area (TPSA) is 72.9 Å². The molecule has 1 fully saturated rings. The Morgan fingerprint density at radius 2 is 2.19 bits per heavy atom. The summed E-state index contributed by atoms with van der Waals surface area (Å²) in [6, 6.07) is 6.55. The zero-order valence-electron chi connectivity index (χ0n) is 12.1. The molecule has 0 N–H and O–H groups in total. The number of methoxy groups -OCH3 is 1. The van der Waals surface area contributed by atoms with Crippen LogP contribution in [0.1, 0.15) is 13.3 Å². The molecule has 1 aromatic carbocycles. The summed E-state index contributed by atoms with van der Waals surface area (Å²) in [5, 5.41) is 0. The summed E-state index contributed by atoms with van der Waals surface area (Å²) in [7, 11) is -1.56. The lowest BCUT2D eigenvalue weighted by Crippen LogP contribution is -2.41. The van der Waals surface area contributed by atoms with Gasteiger partial charge in [-0.15, -0.1) is 0 Å². The van der Waals surface area contributed by atoms with Crippen molar-refractivity contribution in [2.24, 2.45) is 0 Å². The lowest BCUT2D eigenvalue weighted by molar-refractivity contribution is 0.157. The number of benzene rings is 1. The molecule has 0 spiro atoms. The van der Waals surface area contributed by atoms with E-state index in [0.29, 0.717) is 17.9 Å². The minimum absolute atomic E-state index is 0.0387. The van der Waals surface area contributed by atoms with Crippen LogP contribution in [-0.4, -0.2) is 45.8 Å². The van der Waals surface area contributed by atoms with Gasteiger partial charge in [-0.1, -0.05) is 6.07 Å². The van der Waals surface area contributed by atoms with Crippen molar-refractivity contribution in [3.63, 3.8) is 0 Å². The summed E-state index contributed by atoms with van der Waals surface area (Å²) in [6.07, 6.45) is -0.119. The number of ether oxygens (including phenoxy) is 2. The first-order chi connectivity index (χ1) is 9.96. The van der Waals surface area contributed by atoms with Crippen molar-refractivity contribution in [1.29, 1.82) is 0 Å². The van der Waals surface area contributed by atoms with E-state index in [1.807, 2.05) is 0 Å². The second-order valence-corrected chi connectivity index (χ2v) is 7.06. The van der Waals surface area contributed by atoms with Crippen LogP contribution in [0, 0.1) is 0 Å². The van der Waals surface area contributed by atoms with E-state index < -0.39 is 22.0 Å². The fraction of sp³-hybridized carbons (Fsp3) is 0.500. The zero-order chi connectivity index (χ0) is 15.5. The van der Waals surface area contributed by atoms with E-state index in [1.165, 1.54) is 12.0 Å². The van der Waals surface area contributed by atoms with Crippen molar-refractivity contribution in [1.82, 2.24) is 0 Å². The fourth-order valence-electron chi connectivity index (χ4n) is 2.40. The average Bonchev–Trinajstić information content (AvgIpc) is 2.79. The fourth-order valence-corrected chi connectivity index (χ4v) is 4.10. The van der Waals surface area contributed by atoms with E-state index in [2.05, 4.69) is 0 Å². The second kappa shape index (κ2) is 6.34. The van der Waals surface area contributed by atoms with E-state index in [4.69, 9.17) is 9.47 Å². The highest BCUT2D eigenvalue weighted by molar-refractivity contribution is 7.91. The lowest BCUT2D eigenvalue weighted by Gasteiger charge is -2.27. The molecule has 0 bridgehead atoms. The van der Waals surface area contributed by atoms with Gasteiger partial charge in [0.1, 0.15) is 5.75 Å². The summed E-state index contributed by atoms with van der Waals surface area (Å²) in [5.74, 6) is 0.656. The highest BCUT2D eigenvalue weighted by Crippen LogP contribution is 2.28. The number of anilines is 1. The Bertz CT molecular complexity index is 614. The molecule has 0 saturated carbocycles. The maximum Gasteiger partial charge on any atom is 0.414 e. The first-order valence-electron chi connectivity index (χ1n) is 6.77. The SMILES string of the molecule is CCOC(=O)N(c1cccc(OC)c1)C1CCS(=O)(=O)C1. The molecule has 1 saturated heterocycles. The summed E-state index contributed by atoms with van der Waals surface area (Å²) in [5.41, 5.74) is 0.579. The molecule has 1 heterocycles. The van der Waals surface area contributed by atoms with Crippen LogP contribution in [0.15, 0.2) is 24.3 Å². The lowest BCUT2D eigenvalue weighted by atomic mass is 10.2. The second-order valence-electron chi connectivity index (χ2n) is 4.83. The molecule has 1 amide bonds. The molecule has 116 valence electrons. The molecule has 1 aliphatic rings. The zero-order valence-corrected chi connectivity index (χ0v) is 12.9. The Labute approximate surface area is 124 Å². The normalized spacial score (nSPS) is 20.0. The van der Waals surface area contributed by atoms with Crippen LogP contribution in [0.4, 0.5) is 10.5 Å². The number of rotatable bonds is 4. The summed E-state index contributed by atoms with van der Waals surface area (Å²) < 4.78 is 33.6. The average molecular weight is 313 g/mol. The Morgan fingerprint density at radius 3 is 2.76 bits per heavy atom. The molecule has 0 radical (unpaired) electrons. The van der Waals surface area contributed by atoms with Crippen LogP contribution in [0.3, 0.4) is 0 Å². The standard InChI is InChI=1S/C14H19NO5S/c1-3-20-14(16)15(12-7-8-21(17,18)10-12)11-5-4-6-13(9-11)19-2/h4-6,9,12H,3,7-8,10H2,1-2H3. The molecule has 0 aromatic heterocycles. The number of hydrogen-bond donors (Lipinski definition) is 0. The van der Waals surface area contributed by atoms with Gasteiger partial charge in [0.2, 0.25) is 0 Å². The van der Waals surface area contributed by atoms with Crippen molar-refractivity contribution in [2.45, 2.75) is 19.4 Å². The predicted octanol–water partition coefficient (Wildman–Crippen LogP) is 1.85.